The number of nitrogens with zero attached hydrogens (tertiary/aromatic N) is 4. The Morgan fingerprint density at radius 1 is 1.34 bits per heavy atom. The molecule has 1 fully saturated rings. The molecule has 0 saturated heterocycles. The summed E-state index contributed by atoms with van der Waals surface area (Å²) < 4.78 is 42.2. The third-order valence-electron chi connectivity index (χ3n) is 4.65. The van der Waals surface area contributed by atoms with E-state index in [9.17, 15) is 22.8 Å². The van der Waals surface area contributed by atoms with Crippen molar-refractivity contribution in [2.24, 2.45) is 0 Å². The lowest BCUT2D eigenvalue weighted by molar-refractivity contribution is -0.141. The summed E-state index contributed by atoms with van der Waals surface area (Å²) >= 11 is 5.96. The first-order valence-electron chi connectivity index (χ1n) is 9.03. The molecule has 2 aromatic heterocycles. The fourth-order valence-electron chi connectivity index (χ4n) is 2.94. The van der Waals surface area contributed by atoms with Crippen molar-refractivity contribution >= 4 is 29.1 Å². The minimum Gasteiger partial charge on any atom is -0.354 e. The molecule has 158 valence electrons. The van der Waals surface area contributed by atoms with Crippen LogP contribution in [0.5, 0.6) is 0 Å². The molecule has 2 aromatic rings. The summed E-state index contributed by atoms with van der Waals surface area (Å²) in [4.78, 5) is 24.8. The van der Waals surface area contributed by atoms with E-state index in [-0.39, 0.29) is 23.0 Å². The van der Waals surface area contributed by atoms with E-state index in [1.165, 1.54) is 24.9 Å². The van der Waals surface area contributed by atoms with E-state index in [1.54, 1.807) is 6.92 Å². The zero-order chi connectivity index (χ0) is 21.5. The molecule has 29 heavy (non-hydrogen) atoms. The molecule has 0 aliphatic heterocycles. The standard InChI is InChI=1S/C17H20ClF3N6O2/c1-4-26-7-10(12(24-26)16(29)22-3)23-15(28)8(2)27-13(9-5-6-9)11(18)14(25-27)17(19,20)21/h7-9H,4-6H2,1-3H3,(H,22,29)(H,23,28). The lowest BCUT2D eigenvalue weighted by Gasteiger charge is -2.15. The molecule has 1 saturated carbocycles. The van der Waals surface area contributed by atoms with Gasteiger partial charge in [-0.15, -0.1) is 0 Å². The maximum atomic E-state index is 13.2. The van der Waals surface area contributed by atoms with Crippen molar-refractivity contribution in [3.8, 4) is 0 Å². The van der Waals surface area contributed by atoms with E-state index in [2.05, 4.69) is 20.8 Å². The van der Waals surface area contributed by atoms with Crippen molar-refractivity contribution in [1.82, 2.24) is 24.9 Å². The number of halogens is 4. The zero-order valence-corrected chi connectivity index (χ0v) is 16.7. The van der Waals surface area contributed by atoms with Crippen LogP contribution >= 0.6 is 11.6 Å². The summed E-state index contributed by atoms with van der Waals surface area (Å²) in [5.74, 6) is -1.30. The Labute approximate surface area is 169 Å². The van der Waals surface area contributed by atoms with Crippen molar-refractivity contribution in [3.63, 3.8) is 0 Å². The molecule has 8 nitrogen and oxygen atoms in total. The highest BCUT2D eigenvalue weighted by molar-refractivity contribution is 6.32. The third kappa shape index (κ3) is 4.09. The van der Waals surface area contributed by atoms with Crippen LogP contribution in [-0.2, 0) is 17.5 Å². The molecular weight excluding hydrogens is 413 g/mol. The Kier molecular flexibility index (Phi) is 5.61. The van der Waals surface area contributed by atoms with Gasteiger partial charge in [-0.3, -0.25) is 19.0 Å². The van der Waals surface area contributed by atoms with Gasteiger partial charge in [0.25, 0.3) is 5.91 Å². The summed E-state index contributed by atoms with van der Waals surface area (Å²) in [7, 11) is 1.42. The Balaban J connectivity index is 1.92. The van der Waals surface area contributed by atoms with Crippen LogP contribution in [0.25, 0.3) is 0 Å². The van der Waals surface area contributed by atoms with Gasteiger partial charge >= 0.3 is 6.18 Å². The van der Waals surface area contributed by atoms with Gasteiger partial charge in [0, 0.05) is 25.7 Å². The maximum Gasteiger partial charge on any atom is 0.436 e. The van der Waals surface area contributed by atoms with E-state index in [1.807, 2.05) is 0 Å². The summed E-state index contributed by atoms with van der Waals surface area (Å²) in [6.45, 7) is 3.70. The van der Waals surface area contributed by atoms with Crippen LogP contribution in [-0.4, -0.2) is 38.4 Å². The van der Waals surface area contributed by atoms with Crippen LogP contribution in [0.2, 0.25) is 5.02 Å². The number of aromatic nitrogens is 4. The SMILES string of the molecule is CCn1cc(NC(=O)C(C)n2nc(C(F)(F)F)c(Cl)c2C2CC2)c(C(=O)NC)n1. The highest BCUT2D eigenvalue weighted by Crippen LogP contribution is 2.47. The van der Waals surface area contributed by atoms with Gasteiger partial charge in [-0.25, -0.2) is 0 Å². The van der Waals surface area contributed by atoms with Gasteiger partial charge in [0.05, 0.1) is 16.4 Å². The Morgan fingerprint density at radius 3 is 2.52 bits per heavy atom. The van der Waals surface area contributed by atoms with Gasteiger partial charge in [-0.1, -0.05) is 11.6 Å². The zero-order valence-electron chi connectivity index (χ0n) is 16.0. The molecule has 2 N–H and O–H groups in total. The van der Waals surface area contributed by atoms with Gasteiger partial charge in [0.1, 0.15) is 6.04 Å². The number of rotatable bonds is 6. The smallest absolute Gasteiger partial charge is 0.354 e. The number of amides is 2. The van der Waals surface area contributed by atoms with E-state index >= 15 is 0 Å². The predicted molar refractivity (Wildman–Crippen MR) is 98.8 cm³/mol. The fraction of sp³-hybridized carbons (Fsp3) is 0.529. The monoisotopic (exact) mass is 432 g/mol. The van der Waals surface area contributed by atoms with Gasteiger partial charge in [-0.05, 0) is 26.7 Å². The van der Waals surface area contributed by atoms with E-state index in [0.717, 1.165) is 4.68 Å². The summed E-state index contributed by atoms with van der Waals surface area (Å²) in [6, 6.07) is -1.08. The average Bonchev–Trinajstić information content (AvgIpc) is 3.31. The second-order valence-corrected chi connectivity index (χ2v) is 7.13. The maximum absolute atomic E-state index is 13.2. The molecule has 12 heteroatoms. The first-order chi connectivity index (χ1) is 13.6. The molecule has 0 radical (unpaired) electrons. The number of carbonyl (C=O) groups is 2. The van der Waals surface area contributed by atoms with Gasteiger partial charge in [-0.2, -0.15) is 23.4 Å². The van der Waals surface area contributed by atoms with Gasteiger partial charge in [0.2, 0.25) is 5.91 Å². The van der Waals surface area contributed by atoms with Gasteiger partial charge in [0.15, 0.2) is 11.4 Å². The lowest BCUT2D eigenvalue weighted by atomic mass is 10.2. The first-order valence-corrected chi connectivity index (χ1v) is 9.41. The first kappa shape index (κ1) is 21.2. The van der Waals surface area contributed by atoms with Gasteiger partial charge < -0.3 is 10.6 Å². The quantitative estimate of drug-likeness (QED) is 0.733. The molecule has 1 aliphatic carbocycles. The summed E-state index contributed by atoms with van der Waals surface area (Å²) in [5.41, 5.74) is -0.833. The van der Waals surface area contributed by atoms with Crippen LogP contribution in [0.3, 0.4) is 0 Å². The minimum atomic E-state index is -4.73. The number of hydrogen-bond acceptors (Lipinski definition) is 4. The number of alkyl halides is 3. The normalized spacial score (nSPS) is 15.3. The van der Waals surface area contributed by atoms with E-state index in [4.69, 9.17) is 11.6 Å². The van der Waals surface area contributed by atoms with Crippen LogP contribution < -0.4 is 10.6 Å². The molecule has 0 bridgehead atoms. The second-order valence-electron chi connectivity index (χ2n) is 6.76. The van der Waals surface area contributed by atoms with Crippen LogP contribution in [0.1, 0.15) is 60.5 Å². The van der Waals surface area contributed by atoms with Crippen molar-refractivity contribution in [1.29, 1.82) is 0 Å². The summed E-state index contributed by atoms with van der Waals surface area (Å²) in [6.07, 6.45) is -1.88. The highest BCUT2D eigenvalue weighted by atomic mass is 35.5. The lowest BCUT2D eigenvalue weighted by Crippen LogP contribution is -2.27. The molecule has 1 unspecified atom stereocenters. The predicted octanol–water partition coefficient (Wildman–Crippen LogP) is 3.21. The van der Waals surface area contributed by atoms with E-state index < -0.39 is 34.7 Å². The fourth-order valence-corrected chi connectivity index (χ4v) is 3.32. The molecule has 0 spiro atoms. The Hall–Kier alpha value is -2.56. The Bertz CT molecular complexity index is 948. The molecule has 3 rings (SSSR count). The molecule has 2 amide bonds. The summed E-state index contributed by atoms with van der Waals surface area (Å²) in [5, 5.41) is 12.2. The highest BCUT2D eigenvalue weighted by Gasteiger charge is 2.43. The number of nitrogens with one attached hydrogen (secondary N) is 2. The Morgan fingerprint density at radius 2 is 2.00 bits per heavy atom. The largest absolute Gasteiger partial charge is 0.436 e. The third-order valence-corrected chi connectivity index (χ3v) is 5.02. The van der Waals surface area contributed by atoms with Crippen molar-refractivity contribution in [2.45, 2.75) is 51.4 Å². The molecule has 0 aromatic carbocycles. The van der Waals surface area contributed by atoms with Crippen LogP contribution in [0.15, 0.2) is 6.20 Å². The second kappa shape index (κ2) is 7.69. The number of carbonyl (C=O) groups excluding carboxylic acids is 2. The van der Waals surface area contributed by atoms with Crippen LogP contribution in [0.4, 0.5) is 18.9 Å². The van der Waals surface area contributed by atoms with Crippen molar-refractivity contribution in [3.05, 3.63) is 28.3 Å². The van der Waals surface area contributed by atoms with Crippen molar-refractivity contribution in [2.75, 3.05) is 12.4 Å². The number of anilines is 1. The number of hydrogen-bond donors (Lipinski definition) is 2. The molecule has 1 atom stereocenters. The minimum absolute atomic E-state index is 0.00629. The average molecular weight is 433 g/mol. The molecular formula is C17H20ClF3N6O2. The molecule has 1 aliphatic rings. The van der Waals surface area contributed by atoms with E-state index in [0.29, 0.717) is 19.4 Å². The molecule has 2 heterocycles. The number of aryl methyl sites for hydroxylation is 1. The topological polar surface area (TPSA) is 93.8 Å². The van der Waals surface area contributed by atoms with Crippen LogP contribution in [0, 0.1) is 0 Å². The van der Waals surface area contributed by atoms with Crippen molar-refractivity contribution < 1.29 is 22.8 Å².